The number of benzene rings is 1. The van der Waals surface area contributed by atoms with Crippen LogP contribution < -0.4 is 10.9 Å². The molecule has 22 heavy (non-hydrogen) atoms. The molecule has 0 spiro atoms. The molecule has 6 heteroatoms. The summed E-state index contributed by atoms with van der Waals surface area (Å²) >= 11 is 0. The summed E-state index contributed by atoms with van der Waals surface area (Å²) in [6.45, 7) is 3.01. The first-order valence-electron chi connectivity index (χ1n) is 7.75. The number of aromatic amines is 1. The quantitative estimate of drug-likeness (QED) is 0.797. The van der Waals surface area contributed by atoms with E-state index < -0.39 is 0 Å². The topological polar surface area (TPSA) is 76.2 Å². The minimum Gasteiger partial charge on any atom is -0.381 e. The van der Waals surface area contributed by atoms with Gasteiger partial charge in [0.05, 0.1) is 17.0 Å². The molecule has 1 aliphatic heterocycles. The van der Waals surface area contributed by atoms with Gasteiger partial charge in [-0.1, -0.05) is 12.1 Å². The van der Waals surface area contributed by atoms with E-state index in [1.54, 1.807) is 6.07 Å². The highest BCUT2D eigenvalue weighted by atomic mass is 16.5. The Morgan fingerprint density at radius 1 is 1.32 bits per heavy atom. The van der Waals surface area contributed by atoms with E-state index in [1.165, 1.54) is 0 Å². The molecule has 2 aromatic rings. The SMILES string of the molecule is O=c1[nH]c(NCCCOC2CCOCC2)nc2ccccc12. The van der Waals surface area contributed by atoms with Crippen molar-refractivity contribution in [3.05, 3.63) is 34.6 Å². The number of H-pyrrole nitrogens is 1. The van der Waals surface area contributed by atoms with E-state index in [1.807, 2.05) is 18.2 Å². The summed E-state index contributed by atoms with van der Waals surface area (Å²) in [4.78, 5) is 19.1. The second-order valence-electron chi connectivity index (χ2n) is 5.39. The molecule has 0 amide bonds. The first-order chi connectivity index (χ1) is 10.8. The summed E-state index contributed by atoms with van der Waals surface area (Å²) in [5.74, 6) is 0.509. The van der Waals surface area contributed by atoms with E-state index in [-0.39, 0.29) is 5.56 Å². The monoisotopic (exact) mass is 303 g/mol. The van der Waals surface area contributed by atoms with Crippen molar-refractivity contribution in [3.8, 4) is 0 Å². The van der Waals surface area contributed by atoms with Crippen LogP contribution in [-0.4, -0.2) is 42.4 Å². The van der Waals surface area contributed by atoms with E-state index in [2.05, 4.69) is 15.3 Å². The lowest BCUT2D eigenvalue weighted by Crippen LogP contribution is -2.24. The van der Waals surface area contributed by atoms with Crippen molar-refractivity contribution in [2.75, 3.05) is 31.7 Å². The Balaban J connectivity index is 1.46. The minimum atomic E-state index is -0.119. The third-order valence-electron chi connectivity index (χ3n) is 3.75. The zero-order valence-electron chi connectivity index (χ0n) is 12.5. The normalized spacial score (nSPS) is 16.0. The number of anilines is 1. The summed E-state index contributed by atoms with van der Waals surface area (Å²) < 4.78 is 11.1. The largest absolute Gasteiger partial charge is 0.381 e. The van der Waals surface area contributed by atoms with Crippen LogP contribution in [0.3, 0.4) is 0 Å². The van der Waals surface area contributed by atoms with E-state index in [4.69, 9.17) is 9.47 Å². The van der Waals surface area contributed by atoms with Crippen LogP contribution in [0.25, 0.3) is 10.9 Å². The molecule has 0 bridgehead atoms. The minimum absolute atomic E-state index is 0.119. The number of ether oxygens (including phenoxy) is 2. The van der Waals surface area contributed by atoms with Crippen LogP contribution in [0.4, 0.5) is 5.95 Å². The molecule has 0 radical (unpaired) electrons. The molecule has 1 fully saturated rings. The molecule has 3 rings (SSSR count). The van der Waals surface area contributed by atoms with Crippen molar-refractivity contribution in [2.24, 2.45) is 0 Å². The van der Waals surface area contributed by atoms with Crippen LogP contribution in [-0.2, 0) is 9.47 Å². The van der Waals surface area contributed by atoms with Crippen molar-refractivity contribution in [3.63, 3.8) is 0 Å². The van der Waals surface area contributed by atoms with Crippen LogP contribution in [0.2, 0.25) is 0 Å². The number of rotatable bonds is 6. The Hall–Kier alpha value is -1.92. The maximum atomic E-state index is 11.9. The molecule has 118 valence electrons. The average molecular weight is 303 g/mol. The molecule has 2 heterocycles. The maximum absolute atomic E-state index is 11.9. The molecule has 0 aliphatic carbocycles. The Bertz CT molecular complexity index is 665. The average Bonchev–Trinajstić information content (AvgIpc) is 2.56. The lowest BCUT2D eigenvalue weighted by molar-refractivity contribution is -0.0316. The zero-order valence-corrected chi connectivity index (χ0v) is 12.5. The zero-order chi connectivity index (χ0) is 15.2. The first-order valence-corrected chi connectivity index (χ1v) is 7.75. The molecular weight excluding hydrogens is 282 g/mol. The van der Waals surface area contributed by atoms with Crippen LogP contribution in [0.5, 0.6) is 0 Å². The van der Waals surface area contributed by atoms with Gasteiger partial charge >= 0.3 is 0 Å². The van der Waals surface area contributed by atoms with E-state index in [0.29, 0.717) is 36.1 Å². The van der Waals surface area contributed by atoms with Gasteiger partial charge in [-0.2, -0.15) is 0 Å². The Kier molecular flexibility index (Phi) is 5.03. The summed E-state index contributed by atoms with van der Waals surface area (Å²) in [6.07, 6.45) is 3.15. The molecule has 1 aromatic carbocycles. The van der Waals surface area contributed by atoms with Gasteiger partial charge in [0.25, 0.3) is 5.56 Å². The first kappa shape index (κ1) is 15.0. The maximum Gasteiger partial charge on any atom is 0.260 e. The van der Waals surface area contributed by atoms with Crippen molar-refractivity contribution in [1.82, 2.24) is 9.97 Å². The predicted molar refractivity (Wildman–Crippen MR) is 85.3 cm³/mol. The smallest absolute Gasteiger partial charge is 0.260 e. The lowest BCUT2D eigenvalue weighted by atomic mass is 10.1. The summed E-state index contributed by atoms with van der Waals surface area (Å²) in [5, 5.41) is 3.75. The van der Waals surface area contributed by atoms with E-state index in [9.17, 15) is 4.79 Å². The van der Waals surface area contributed by atoms with Gasteiger partial charge < -0.3 is 14.8 Å². The lowest BCUT2D eigenvalue weighted by Gasteiger charge is -2.22. The van der Waals surface area contributed by atoms with Crippen molar-refractivity contribution in [1.29, 1.82) is 0 Å². The number of aromatic nitrogens is 2. The number of nitrogens with zero attached hydrogens (tertiary/aromatic N) is 1. The fourth-order valence-electron chi connectivity index (χ4n) is 2.54. The van der Waals surface area contributed by atoms with E-state index in [0.717, 1.165) is 32.5 Å². The highest BCUT2D eigenvalue weighted by Crippen LogP contribution is 2.11. The number of nitrogens with one attached hydrogen (secondary N) is 2. The molecule has 0 unspecified atom stereocenters. The number of hydrogen-bond donors (Lipinski definition) is 2. The Morgan fingerprint density at radius 2 is 2.14 bits per heavy atom. The molecule has 1 aromatic heterocycles. The summed E-state index contributed by atoms with van der Waals surface area (Å²) in [6, 6.07) is 7.32. The van der Waals surface area contributed by atoms with E-state index >= 15 is 0 Å². The number of hydrogen-bond acceptors (Lipinski definition) is 5. The molecule has 1 aliphatic rings. The molecule has 0 atom stereocenters. The Morgan fingerprint density at radius 3 is 3.00 bits per heavy atom. The third kappa shape index (κ3) is 3.84. The van der Waals surface area contributed by atoms with Crippen molar-refractivity contribution >= 4 is 16.9 Å². The highest BCUT2D eigenvalue weighted by molar-refractivity contribution is 5.78. The van der Waals surface area contributed by atoms with Gasteiger partial charge in [-0.3, -0.25) is 9.78 Å². The molecular formula is C16H21N3O3. The van der Waals surface area contributed by atoms with Gasteiger partial charge in [-0.05, 0) is 31.4 Å². The summed E-state index contributed by atoms with van der Waals surface area (Å²) in [5.41, 5.74) is 0.582. The molecule has 0 saturated carbocycles. The predicted octanol–water partition coefficient (Wildman–Crippen LogP) is 1.92. The third-order valence-corrected chi connectivity index (χ3v) is 3.75. The van der Waals surface area contributed by atoms with Gasteiger partial charge in [-0.15, -0.1) is 0 Å². The van der Waals surface area contributed by atoms with Crippen LogP contribution >= 0.6 is 0 Å². The van der Waals surface area contributed by atoms with Gasteiger partial charge in [0, 0.05) is 26.4 Å². The molecule has 1 saturated heterocycles. The fraction of sp³-hybridized carbons (Fsp3) is 0.500. The Labute approximate surface area is 128 Å². The van der Waals surface area contributed by atoms with Crippen LogP contribution in [0.15, 0.2) is 29.1 Å². The van der Waals surface area contributed by atoms with Crippen molar-refractivity contribution < 1.29 is 9.47 Å². The van der Waals surface area contributed by atoms with Gasteiger partial charge in [-0.25, -0.2) is 4.98 Å². The summed E-state index contributed by atoms with van der Waals surface area (Å²) in [7, 11) is 0. The second-order valence-corrected chi connectivity index (χ2v) is 5.39. The second kappa shape index (κ2) is 7.38. The molecule has 6 nitrogen and oxygen atoms in total. The molecule has 2 N–H and O–H groups in total. The standard InChI is InChI=1S/C16H21N3O3/c20-15-13-4-1-2-5-14(13)18-16(19-15)17-8-3-9-22-12-6-10-21-11-7-12/h1-2,4-5,12H,3,6-11H2,(H2,17,18,19,20). The number of fused-ring (bicyclic) bond motifs is 1. The highest BCUT2D eigenvalue weighted by Gasteiger charge is 2.13. The van der Waals surface area contributed by atoms with Gasteiger partial charge in [0.2, 0.25) is 5.95 Å². The van der Waals surface area contributed by atoms with Gasteiger partial charge in [0.15, 0.2) is 0 Å². The fourth-order valence-corrected chi connectivity index (χ4v) is 2.54. The van der Waals surface area contributed by atoms with Crippen LogP contribution in [0, 0.1) is 0 Å². The van der Waals surface area contributed by atoms with Crippen LogP contribution in [0.1, 0.15) is 19.3 Å². The van der Waals surface area contributed by atoms with Gasteiger partial charge in [0.1, 0.15) is 0 Å². The number of para-hydroxylation sites is 1. The van der Waals surface area contributed by atoms with Crippen molar-refractivity contribution in [2.45, 2.75) is 25.4 Å².